The number of rotatable bonds is 8. The van der Waals surface area contributed by atoms with Crippen LogP contribution in [0.5, 0.6) is 5.75 Å². The maximum Gasteiger partial charge on any atom is 0.326 e. The number of fused-ring (bicyclic) bond motifs is 1. The van der Waals surface area contributed by atoms with Gasteiger partial charge in [0.05, 0.1) is 10.6 Å². The van der Waals surface area contributed by atoms with Gasteiger partial charge in [-0.2, -0.15) is 0 Å². The van der Waals surface area contributed by atoms with Gasteiger partial charge in [0, 0.05) is 18.3 Å². The van der Waals surface area contributed by atoms with Gasteiger partial charge in [0.2, 0.25) is 10.0 Å². The number of amides is 1. The summed E-state index contributed by atoms with van der Waals surface area (Å²) in [4.78, 5) is 17.0. The van der Waals surface area contributed by atoms with Crippen molar-refractivity contribution in [3.05, 3.63) is 102 Å². The molecule has 0 fully saturated rings. The highest BCUT2D eigenvalue weighted by atomic mass is 32.2. The Kier molecular flexibility index (Phi) is 7.07. The number of ether oxygens (including phenoxy) is 1. The average molecular weight is 517 g/mol. The summed E-state index contributed by atoms with van der Waals surface area (Å²) in [6, 6.07) is 22.0. The maximum atomic E-state index is 12.6. The van der Waals surface area contributed by atoms with Crippen LogP contribution in [0.2, 0.25) is 0 Å². The first kappa shape index (κ1) is 24.7. The van der Waals surface area contributed by atoms with Crippen molar-refractivity contribution < 1.29 is 17.9 Å². The topological polar surface area (TPSA) is 116 Å². The summed E-state index contributed by atoms with van der Waals surface area (Å²) >= 11 is 0. The molecular formula is C28H28N4O4S. The third kappa shape index (κ3) is 6.07. The molecule has 0 spiro atoms. The molecule has 3 aromatic carbocycles. The van der Waals surface area contributed by atoms with Crippen molar-refractivity contribution in [3.63, 3.8) is 0 Å². The summed E-state index contributed by atoms with van der Waals surface area (Å²) in [6.45, 7) is 0.911. The Morgan fingerprint density at radius 3 is 2.32 bits per heavy atom. The van der Waals surface area contributed by atoms with Gasteiger partial charge in [-0.05, 0) is 78.3 Å². The highest BCUT2D eigenvalue weighted by molar-refractivity contribution is 7.89. The van der Waals surface area contributed by atoms with Crippen LogP contribution in [-0.4, -0.2) is 30.5 Å². The van der Waals surface area contributed by atoms with Gasteiger partial charge in [-0.15, -0.1) is 0 Å². The van der Waals surface area contributed by atoms with Crippen molar-refractivity contribution in [1.29, 1.82) is 0 Å². The number of benzene rings is 3. The second kappa shape index (κ2) is 10.6. The lowest BCUT2D eigenvalue weighted by atomic mass is 10.0. The first-order valence-electron chi connectivity index (χ1n) is 12.1. The normalized spacial score (nSPS) is 13.3. The van der Waals surface area contributed by atoms with Gasteiger partial charge in [0.25, 0.3) is 0 Å². The third-order valence-corrected chi connectivity index (χ3v) is 7.52. The van der Waals surface area contributed by atoms with Gasteiger partial charge in [-0.3, -0.25) is 4.57 Å². The lowest BCUT2D eigenvalue weighted by Crippen LogP contribution is -2.29. The van der Waals surface area contributed by atoms with E-state index in [4.69, 9.17) is 9.88 Å². The van der Waals surface area contributed by atoms with Gasteiger partial charge in [-0.1, -0.05) is 36.4 Å². The molecule has 0 aliphatic heterocycles. The molecule has 4 aromatic rings. The Morgan fingerprint density at radius 1 is 1.00 bits per heavy atom. The molecule has 0 atom stereocenters. The highest BCUT2D eigenvalue weighted by Gasteiger charge is 2.20. The quantitative estimate of drug-likeness (QED) is 0.365. The predicted octanol–water partition coefficient (Wildman–Crippen LogP) is 4.14. The van der Waals surface area contributed by atoms with Crippen LogP contribution < -0.4 is 15.2 Å². The smallest absolute Gasteiger partial charge is 0.326 e. The summed E-state index contributed by atoms with van der Waals surface area (Å²) < 4.78 is 30.0. The number of hydrogen-bond acceptors (Lipinski definition) is 5. The van der Waals surface area contributed by atoms with Crippen LogP contribution in [0.3, 0.4) is 0 Å². The summed E-state index contributed by atoms with van der Waals surface area (Å²) in [6.07, 6.45) is 6.33. The molecule has 0 bridgehead atoms. The molecule has 5 rings (SSSR count). The number of aromatic nitrogens is 2. The fourth-order valence-electron chi connectivity index (χ4n) is 4.58. The lowest BCUT2D eigenvalue weighted by Gasteiger charge is -2.10. The van der Waals surface area contributed by atoms with Crippen LogP contribution in [0, 0.1) is 5.92 Å². The molecule has 1 heterocycles. The summed E-state index contributed by atoms with van der Waals surface area (Å²) in [5.41, 5.74) is 5.21. The van der Waals surface area contributed by atoms with Crippen LogP contribution in [-0.2, 0) is 29.5 Å². The Bertz CT molecular complexity index is 1470. The van der Waals surface area contributed by atoms with E-state index in [0.29, 0.717) is 23.9 Å². The van der Waals surface area contributed by atoms with Gasteiger partial charge < -0.3 is 10.1 Å². The van der Waals surface area contributed by atoms with E-state index in [1.54, 1.807) is 18.3 Å². The molecule has 0 saturated carbocycles. The molecule has 9 heteroatoms. The molecule has 8 nitrogen and oxygen atoms in total. The standard InChI is InChI=1S/C28H28N4O4S/c29-37(34,35)26-11-5-20(6-12-26)18-36-25-9-7-22(8-10-25)27-17-32(19-31-27)28(33)30-14-13-21-15-23-3-1-2-4-24(23)16-21/h1-12,17,19,21H,13-16,18H2,(H,30,33)(H2,29,34,35). The molecule has 37 heavy (non-hydrogen) atoms. The average Bonchev–Trinajstić information content (AvgIpc) is 3.55. The van der Waals surface area contributed by atoms with Crippen molar-refractivity contribution in [2.24, 2.45) is 11.1 Å². The van der Waals surface area contributed by atoms with Gasteiger partial charge >= 0.3 is 6.03 Å². The number of hydrogen-bond donors (Lipinski definition) is 2. The maximum absolute atomic E-state index is 12.6. The van der Waals surface area contributed by atoms with E-state index in [1.165, 1.54) is 34.2 Å². The van der Waals surface area contributed by atoms with Crippen LogP contribution >= 0.6 is 0 Å². The van der Waals surface area contributed by atoms with Gasteiger partial charge in [0.1, 0.15) is 18.7 Å². The minimum atomic E-state index is -3.71. The molecule has 0 saturated heterocycles. The second-order valence-electron chi connectivity index (χ2n) is 9.23. The Hall–Kier alpha value is -3.95. The Labute approximate surface area is 216 Å². The minimum Gasteiger partial charge on any atom is -0.489 e. The van der Waals surface area contributed by atoms with Crippen molar-refractivity contribution in [3.8, 4) is 17.0 Å². The van der Waals surface area contributed by atoms with Crippen molar-refractivity contribution in [2.75, 3.05) is 6.54 Å². The number of primary sulfonamides is 1. The largest absolute Gasteiger partial charge is 0.489 e. The number of nitrogens with one attached hydrogen (secondary N) is 1. The molecule has 0 unspecified atom stereocenters. The molecule has 3 N–H and O–H groups in total. The number of carbonyl (C=O) groups excluding carboxylic acids is 1. The third-order valence-electron chi connectivity index (χ3n) is 6.59. The zero-order valence-electron chi connectivity index (χ0n) is 20.2. The number of imidazole rings is 1. The molecule has 1 aliphatic carbocycles. The van der Waals surface area contributed by atoms with Crippen molar-refractivity contribution >= 4 is 16.1 Å². The molecule has 0 radical (unpaired) electrons. The van der Waals surface area contributed by atoms with Crippen LogP contribution in [0.4, 0.5) is 4.79 Å². The lowest BCUT2D eigenvalue weighted by molar-refractivity contribution is 0.241. The number of nitrogens with two attached hydrogens (primary N) is 1. The zero-order valence-corrected chi connectivity index (χ0v) is 21.0. The Balaban J connectivity index is 1.10. The summed E-state index contributed by atoms with van der Waals surface area (Å²) in [5.74, 6) is 1.23. The summed E-state index contributed by atoms with van der Waals surface area (Å²) in [5, 5.41) is 8.12. The number of sulfonamides is 1. The fraction of sp³-hybridized carbons (Fsp3) is 0.214. The van der Waals surface area contributed by atoms with Crippen LogP contribution in [0.1, 0.15) is 23.1 Å². The second-order valence-corrected chi connectivity index (χ2v) is 10.8. The van der Waals surface area contributed by atoms with Gasteiger partial charge in [-0.25, -0.2) is 23.3 Å². The molecular weight excluding hydrogens is 488 g/mol. The Morgan fingerprint density at radius 2 is 1.68 bits per heavy atom. The van der Waals surface area contributed by atoms with Crippen molar-refractivity contribution in [1.82, 2.24) is 14.9 Å². The van der Waals surface area contributed by atoms with E-state index in [-0.39, 0.29) is 17.5 Å². The van der Waals surface area contributed by atoms with E-state index < -0.39 is 10.0 Å². The molecule has 190 valence electrons. The van der Waals surface area contributed by atoms with Crippen molar-refractivity contribution in [2.45, 2.75) is 30.8 Å². The molecule has 1 aliphatic rings. The predicted molar refractivity (Wildman–Crippen MR) is 141 cm³/mol. The minimum absolute atomic E-state index is 0.0634. The zero-order chi connectivity index (χ0) is 25.8. The number of nitrogens with zero attached hydrogens (tertiary/aromatic N) is 2. The first-order chi connectivity index (χ1) is 17.8. The summed E-state index contributed by atoms with van der Waals surface area (Å²) in [7, 11) is -3.71. The first-order valence-corrected chi connectivity index (χ1v) is 13.6. The monoisotopic (exact) mass is 516 g/mol. The van der Waals surface area contributed by atoms with Crippen LogP contribution in [0.15, 0.2) is 90.2 Å². The number of carbonyl (C=O) groups is 1. The SMILES string of the molecule is NS(=O)(=O)c1ccc(COc2ccc(-c3cn(C(=O)NCCC4Cc5ccccc5C4)cn3)cc2)cc1. The fourth-order valence-corrected chi connectivity index (χ4v) is 5.09. The van der Waals surface area contributed by atoms with E-state index in [1.807, 2.05) is 24.3 Å². The van der Waals surface area contributed by atoms with E-state index >= 15 is 0 Å². The van der Waals surface area contributed by atoms with E-state index in [0.717, 1.165) is 30.4 Å². The van der Waals surface area contributed by atoms with Crippen LogP contribution in [0.25, 0.3) is 11.3 Å². The van der Waals surface area contributed by atoms with E-state index in [2.05, 4.69) is 34.6 Å². The van der Waals surface area contributed by atoms with E-state index in [9.17, 15) is 13.2 Å². The molecule has 1 amide bonds. The highest BCUT2D eigenvalue weighted by Crippen LogP contribution is 2.28. The molecule has 1 aromatic heterocycles. The van der Waals surface area contributed by atoms with Gasteiger partial charge in [0.15, 0.2) is 0 Å².